The molecule has 1 saturated carbocycles. The highest BCUT2D eigenvalue weighted by atomic mass is 32.1. The van der Waals surface area contributed by atoms with Gasteiger partial charge in [-0.2, -0.15) is 0 Å². The molecule has 0 radical (unpaired) electrons. The van der Waals surface area contributed by atoms with Crippen LogP contribution in [0, 0.1) is 18.3 Å². The van der Waals surface area contributed by atoms with Crippen molar-refractivity contribution in [3.05, 3.63) is 16.1 Å². The van der Waals surface area contributed by atoms with Gasteiger partial charge in [0, 0.05) is 25.0 Å². The molecule has 0 saturated heterocycles. The maximum Gasteiger partial charge on any atom is 0.106 e. The Balaban J connectivity index is 1.90. The maximum absolute atomic E-state index is 5.55. The van der Waals surface area contributed by atoms with Crippen molar-refractivity contribution in [1.29, 1.82) is 0 Å². The van der Waals surface area contributed by atoms with Crippen molar-refractivity contribution in [2.24, 2.45) is 11.7 Å². The molecule has 1 aromatic rings. The van der Waals surface area contributed by atoms with Gasteiger partial charge >= 0.3 is 0 Å². The third-order valence-electron chi connectivity index (χ3n) is 2.69. The molecule has 86 valence electrons. The summed E-state index contributed by atoms with van der Waals surface area (Å²) in [5, 5.41) is 3.08. The Morgan fingerprint density at radius 3 is 3.00 bits per heavy atom. The average molecular weight is 235 g/mol. The van der Waals surface area contributed by atoms with Gasteiger partial charge in [-0.3, -0.25) is 4.90 Å². The minimum absolute atomic E-state index is 0.530. The smallest absolute Gasteiger partial charge is 0.106 e. The second kappa shape index (κ2) is 5.44. The van der Waals surface area contributed by atoms with E-state index in [4.69, 9.17) is 12.2 Å². The Morgan fingerprint density at radius 2 is 2.44 bits per heavy atom. The van der Waals surface area contributed by atoms with E-state index in [0.29, 0.717) is 13.1 Å². The molecule has 0 amide bonds. The Hall–Kier alpha value is -0.890. The standard InChI is InChI=1S/C12H17N3S/c1-2-5-15(7-10-3-4-10)8-11-9-16-12(6-13)14-11/h1,9-10H,3-8,13H2. The summed E-state index contributed by atoms with van der Waals surface area (Å²) in [4.78, 5) is 6.76. The predicted octanol–water partition coefficient (Wildman–Crippen LogP) is 1.45. The normalized spacial score (nSPS) is 15.3. The van der Waals surface area contributed by atoms with E-state index in [9.17, 15) is 0 Å². The van der Waals surface area contributed by atoms with Crippen LogP contribution in [0.15, 0.2) is 5.38 Å². The second-order valence-electron chi connectivity index (χ2n) is 4.25. The number of hydrogen-bond acceptors (Lipinski definition) is 4. The zero-order chi connectivity index (χ0) is 11.4. The van der Waals surface area contributed by atoms with Crippen LogP contribution in [0.1, 0.15) is 23.5 Å². The monoisotopic (exact) mass is 235 g/mol. The summed E-state index contributed by atoms with van der Waals surface area (Å²) in [6.45, 7) is 3.21. The van der Waals surface area contributed by atoms with Crippen LogP contribution in [0.5, 0.6) is 0 Å². The summed E-state index contributed by atoms with van der Waals surface area (Å²) in [5.41, 5.74) is 6.64. The number of hydrogen-bond donors (Lipinski definition) is 1. The molecule has 2 N–H and O–H groups in total. The summed E-state index contributed by atoms with van der Waals surface area (Å²) in [6.07, 6.45) is 8.09. The fourth-order valence-electron chi connectivity index (χ4n) is 1.72. The lowest BCUT2D eigenvalue weighted by Crippen LogP contribution is -2.26. The van der Waals surface area contributed by atoms with Crippen molar-refractivity contribution in [3.8, 4) is 12.3 Å². The Bertz CT molecular complexity index is 376. The van der Waals surface area contributed by atoms with E-state index in [0.717, 1.165) is 29.7 Å². The van der Waals surface area contributed by atoms with Crippen LogP contribution in [-0.4, -0.2) is 23.0 Å². The summed E-state index contributed by atoms with van der Waals surface area (Å²) in [6, 6.07) is 0. The van der Waals surface area contributed by atoms with Gasteiger partial charge in [0.15, 0.2) is 0 Å². The molecular weight excluding hydrogens is 218 g/mol. The number of nitrogens with two attached hydrogens (primary N) is 1. The molecule has 1 aromatic heterocycles. The fraction of sp³-hybridized carbons (Fsp3) is 0.583. The summed E-state index contributed by atoms with van der Waals surface area (Å²) in [5.74, 6) is 3.58. The van der Waals surface area contributed by atoms with E-state index in [1.807, 2.05) is 0 Å². The van der Waals surface area contributed by atoms with Crippen molar-refractivity contribution in [1.82, 2.24) is 9.88 Å². The largest absolute Gasteiger partial charge is 0.325 e. The Labute approximate surface area is 101 Å². The van der Waals surface area contributed by atoms with Crippen LogP contribution in [0.25, 0.3) is 0 Å². The predicted molar refractivity (Wildman–Crippen MR) is 66.8 cm³/mol. The van der Waals surface area contributed by atoms with Gasteiger partial charge in [-0.25, -0.2) is 4.98 Å². The highest BCUT2D eigenvalue weighted by molar-refractivity contribution is 7.09. The Kier molecular flexibility index (Phi) is 3.94. The molecule has 1 aliphatic carbocycles. The molecule has 0 bridgehead atoms. The molecular formula is C12H17N3S. The third-order valence-corrected chi connectivity index (χ3v) is 3.61. The van der Waals surface area contributed by atoms with Crippen molar-refractivity contribution in [3.63, 3.8) is 0 Å². The lowest BCUT2D eigenvalue weighted by atomic mass is 10.3. The quantitative estimate of drug-likeness (QED) is 0.759. The number of rotatable bonds is 6. The first kappa shape index (κ1) is 11.6. The lowest BCUT2D eigenvalue weighted by Gasteiger charge is -2.17. The van der Waals surface area contributed by atoms with Gasteiger partial charge in [0.05, 0.1) is 12.2 Å². The molecule has 0 aromatic carbocycles. The Morgan fingerprint density at radius 1 is 1.62 bits per heavy atom. The van der Waals surface area contributed by atoms with Gasteiger partial charge in [0.1, 0.15) is 5.01 Å². The summed E-state index contributed by atoms with van der Waals surface area (Å²) in [7, 11) is 0. The first-order valence-electron chi connectivity index (χ1n) is 5.61. The van der Waals surface area contributed by atoms with Gasteiger partial charge in [0.25, 0.3) is 0 Å². The van der Waals surface area contributed by atoms with Gasteiger partial charge in [-0.15, -0.1) is 17.8 Å². The van der Waals surface area contributed by atoms with Gasteiger partial charge < -0.3 is 5.73 Å². The van der Waals surface area contributed by atoms with Gasteiger partial charge in [0.2, 0.25) is 0 Å². The topological polar surface area (TPSA) is 42.1 Å². The SMILES string of the molecule is C#CCN(Cc1csc(CN)n1)CC1CC1. The van der Waals surface area contributed by atoms with E-state index >= 15 is 0 Å². The first-order valence-corrected chi connectivity index (χ1v) is 6.49. The highest BCUT2D eigenvalue weighted by Crippen LogP contribution is 2.30. The van der Waals surface area contributed by atoms with Crippen molar-refractivity contribution < 1.29 is 0 Å². The zero-order valence-corrected chi connectivity index (χ0v) is 10.2. The second-order valence-corrected chi connectivity index (χ2v) is 5.20. The lowest BCUT2D eigenvalue weighted by molar-refractivity contribution is 0.283. The number of aromatic nitrogens is 1. The van der Waals surface area contributed by atoms with Crippen LogP contribution in [-0.2, 0) is 13.1 Å². The van der Waals surface area contributed by atoms with Crippen LogP contribution in [0.3, 0.4) is 0 Å². The number of thiazole rings is 1. The van der Waals surface area contributed by atoms with Crippen LogP contribution >= 0.6 is 11.3 Å². The first-order chi connectivity index (χ1) is 7.81. The molecule has 0 unspecified atom stereocenters. The van der Waals surface area contributed by atoms with Crippen LogP contribution < -0.4 is 5.73 Å². The molecule has 0 aliphatic heterocycles. The van der Waals surface area contributed by atoms with Crippen LogP contribution in [0.4, 0.5) is 0 Å². The average Bonchev–Trinajstić information content (AvgIpc) is 2.96. The minimum Gasteiger partial charge on any atom is -0.325 e. The van der Waals surface area contributed by atoms with Crippen molar-refractivity contribution in [2.75, 3.05) is 13.1 Å². The van der Waals surface area contributed by atoms with Gasteiger partial charge in [-0.1, -0.05) is 5.92 Å². The minimum atomic E-state index is 0.530. The number of nitrogens with zero attached hydrogens (tertiary/aromatic N) is 2. The molecule has 3 nitrogen and oxygen atoms in total. The molecule has 0 atom stereocenters. The molecule has 0 spiro atoms. The molecule has 16 heavy (non-hydrogen) atoms. The summed E-state index contributed by atoms with van der Waals surface area (Å²) >= 11 is 1.63. The molecule has 1 aliphatic rings. The molecule has 1 heterocycles. The maximum atomic E-state index is 5.55. The van der Waals surface area contributed by atoms with E-state index < -0.39 is 0 Å². The molecule has 2 rings (SSSR count). The van der Waals surface area contributed by atoms with Crippen molar-refractivity contribution >= 4 is 11.3 Å². The van der Waals surface area contributed by atoms with E-state index in [1.165, 1.54) is 12.8 Å². The zero-order valence-electron chi connectivity index (χ0n) is 9.35. The highest BCUT2D eigenvalue weighted by Gasteiger charge is 2.24. The molecule has 4 heteroatoms. The molecule has 1 fully saturated rings. The number of terminal acetylenes is 1. The van der Waals surface area contributed by atoms with Crippen molar-refractivity contribution in [2.45, 2.75) is 25.9 Å². The van der Waals surface area contributed by atoms with Crippen LogP contribution in [0.2, 0.25) is 0 Å². The van der Waals surface area contributed by atoms with E-state index in [-0.39, 0.29) is 0 Å². The van der Waals surface area contributed by atoms with Gasteiger partial charge in [-0.05, 0) is 18.8 Å². The summed E-state index contributed by atoms with van der Waals surface area (Å²) < 4.78 is 0. The van der Waals surface area contributed by atoms with E-state index in [2.05, 4.69) is 21.2 Å². The van der Waals surface area contributed by atoms with E-state index in [1.54, 1.807) is 11.3 Å². The third kappa shape index (κ3) is 3.31. The fourth-order valence-corrected chi connectivity index (χ4v) is 2.39.